The van der Waals surface area contributed by atoms with Crippen LogP contribution in [0, 0.1) is 5.92 Å². The van der Waals surface area contributed by atoms with Gasteiger partial charge in [0.05, 0.1) is 12.5 Å². The van der Waals surface area contributed by atoms with E-state index in [1.54, 1.807) is 6.20 Å². The summed E-state index contributed by atoms with van der Waals surface area (Å²) in [5.41, 5.74) is 0.781. The molecular weight excluding hydrogens is 632 g/mol. The predicted molar refractivity (Wildman–Crippen MR) is 145 cm³/mol. The first-order valence-corrected chi connectivity index (χ1v) is 14.3. The number of hydrogen-bond donors (Lipinski definition) is 3. The highest BCUT2D eigenvalue weighted by molar-refractivity contribution is 5.90. The van der Waals surface area contributed by atoms with Crippen LogP contribution in [-0.4, -0.2) is 109 Å². The maximum absolute atomic E-state index is 12.9. The van der Waals surface area contributed by atoms with Gasteiger partial charge < -0.3 is 25.0 Å². The fourth-order valence-electron chi connectivity index (χ4n) is 5.21. The van der Waals surface area contributed by atoms with E-state index in [-0.39, 0.29) is 17.9 Å². The minimum Gasteiger partial charge on any atom is -0.475 e. The van der Waals surface area contributed by atoms with Gasteiger partial charge in [0.15, 0.2) is 5.82 Å². The molecule has 19 heteroatoms. The number of carboxylic acid groups (broad SMARTS) is 2. The molecule has 46 heavy (non-hydrogen) atoms. The van der Waals surface area contributed by atoms with E-state index < -0.39 is 24.3 Å². The van der Waals surface area contributed by atoms with Crippen LogP contribution in [0.5, 0.6) is 0 Å². The van der Waals surface area contributed by atoms with Gasteiger partial charge in [-0.15, -0.1) is 10.2 Å². The first-order chi connectivity index (χ1) is 21.6. The van der Waals surface area contributed by atoms with Gasteiger partial charge in [0.2, 0.25) is 11.7 Å². The number of pyridine rings is 1. The van der Waals surface area contributed by atoms with Gasteiger partial charge in [0.1, 0.15) is 0 Å². The largest absolute Gasteiger partial charge is 0.490 e. The van der Waals surface area contributed by atoms with Crippen molar-refractivity contribution in [1.29, 1.82) is 0 Å². The first kappa shape index (κ1) is 36.2. The SMILES string of the molecule is O=C(NCC1CCCCC1)c1nnc2n1CCN1CCN(C(=O)Cc3ccccn3)CC21.O=C(O)C(F)(F)F.O=C(O)C(F)(F)F. The Hall–Kier alpha value is -4.29. The molecule has 0 aromatic carbocycles. The molecule has 0 radical (unpaired) electrons. The molecule has 1 unspecified atom stereocenters. The van der Waals surface area contributed by atoms with Crippen LogP contribution in [0.2, 0.25) is 0 Å². The number of alkyl halides is 6. The second-order valence-corrected chi connectivity index (χ2v) is 10.7. The zero-order valence-electron chi connectivity index (χ0n) is 24.4. The van der Waals surface area contributed by atoms with E-state index >= 15 is 0 Å². The number of nitrogens with zero attached hydrogens (tertiary/aromatic N) is 6. The second kappa shape index (κ2) is 15.8. The van der Waals surface area contributed by atoms with Crippen molar-refractivity contribution in [1.82, 2.24) is 34.9 Å². The van der Waals surface area contributed by atoms with Crippen LogP contribution >= 0.6 is 0 Å². The third-order valence-electron chi connectivity index (χ3n) is 7.55. The van der Waals surface area contributed by atoms with Crippen LogP contribution in [0.3, 0.4) is 0 Å². The number of piperazine rings is 1. The van der Waals surface area contributed by atoms with Crippen LogP contribution < -0.4 is 5.32 Å². The Bertz CT molecular complexity index is 1320. The average Bonchev–Trinajstić information content (AvgIpc) is 3.45. The smallest absolute Gasteiger partial charge is 0.475 e. The number of halogens is 6. The van der Waals surface area contributed by atoms with E-state index in [2.05, 4.69) is 25.4 Å². The molecule has 3 aliphatic rings. The van der Waals surface area contributed by atoms with E-state index in [1.807, 2.05) is 27.7 Å². The third-order valence-corrected chi connectivity index (χ3v) is 7.55. The molecular formula is C27H33F6N7O6. The number of aromatic nitrogens is 4. The summed E-state index contributed by atoms with van der Waals surface area (Å²) in [6, 6.07) is 5.60. The van der Waals surface area contributed by atoms with Crippen LogP contribution in [0.15, 0.2) is 24.4 Å². The number of aliphatic carboxylic acids is 2. The normalized spacial score (nSPS) is 18.5. The number of rotatable bonds is 5. The molecule has 5 rings (SSSR count). The highest BCUT2D eigenvalue weighted by atomic mass is 19.4. The summed E-state index contributed by atoms with van der Waals surface area (Å²) < 4.78 is 65.4. The Morgan fingerprint density at radius 2 is 1.48 bits per heavy atom. The van der Waals surface area contributed by atoms with Crippen molar-refractivity contribution in [3.8, 4) is 0 Å². The van der Waals surface area contributed by atoms with Crippen molar-refractivity contribution in [2.24, 2.45) is 5.92 Å². The monoisotopic (exact) mass is 665 g/mol. The van der Waals surface area contributed by atoms with Gasteiger partial charge in [0, 0.05) is 51.2 Å². The molecule has 0 bridgehead atoms. The van der Waals surface area contributed by atoms with Crippen molar-refractivity contribution in [2.45, 2.75) is 63.5 Å². The number of carbonyl (C=O) groups is 4. The molecule has 1 aliphatic carbocycles. The number of carboxylic acids is 2. The number of carbonyl (C=O) groups excluding carboxylic acids is 2. The van der Waals surface area contributed by atoms with Crippen LogP contribution in [0.1, 0.15) is 60.3 Å². The third kappa shape index (κ3) is 10.4. The molecule has 1 saturated heterocycles. The quantitative estimate of drug-likeness (QED) is 0.404. The number of nitrogens with one attached hydrogen (secondary N) is 1. The van der Waals surface area contributed by atoms with Gasteiger partial charge >= 0.3 is 24.3 Å². The van der Waals surface area contributed by atoms with Gasteiger partial charge in [-0.05, 0) is 30.9 Å². The minimum absolute atomic E-state index is 0.0300. The standard InChI is InChI=1S/C23H31N7O2.2C2HF3O2/c31-20(14-18-8-4-5-9-24-18)29-11-10-28-12-13-30-21(19(28)16-29)26-27-22(30)23(32)25-15-17-6-2-1-3-7-17;2*3-2(4,5)1(6)7/h4-5,8-9,17,19H,1-3,6-7,10-16H2,(H,25,32);2*(H,6,7). The topological polar surface area (TPSA) is 171 Å². The van der Waals surface area contributed by atoms with Gasteiger partial charge in [-0.2, -0.15) is 26.3 Å². The Morgan fingerprint density at radius 1 is 0.870 bits per heavy atom. The summed E-state index contributed by atoms with van der Waals surface area (Å²) >= 11 is 0. The van der Waals surface area contributed by atoms with Crippen LogP contribution in [0.25, 0.3) is 0 Å². The highest BCUT2D eigenvalue weighted by Gasteiger charge is 2.39. The molecule has 2 aliphatic heterocycles. The molecule has 1 saturated carbocycles. The summed E-state index contributed by atoms with van der Waals surface area (Å²) in [4.78, 5) is 52.0. The van der Waals surface area contributed by atoms with Crippen molar-refractivity contribution >= 4 is 23.8 Å². The minimum atomic E-state index is -5.08. The van der Waals surface area contributed by atoms with Gasteiger partial charge in [-0.3, -0.25) is 19.5 Å². The number of amides is 2. The van der Waals surface area contributed by atoms with Crippen molar-refractivity contribution in [3.63, 3.8) is 0 Å². The molecule has 13 nitrogen and oxygen atoms in total. The van der Waals surface area contributed by atoms with Gasteiger partial charge in [-0.1, -0.05) is 25.3 Å². The summed E-state index contributed by atoms with van der Waals surface area (Å²) in [6.45, 7) is 4.31. The summed E-state index contributed by atoms with van der Waals surface area (Å²) in [5, 5.41) is 26.0. The molecule has 1 atom stereocenters. The molecule has 4 heterocycles. The van der Waals surface area contributed by atoms with Gasteiger partial charge in [-0.25, -0.2) is 9.59 Å². The van der Waals surface area contributed by atoms with E-state index in [0.717, 1.165) is 24.6 Å². The molecule has 2 aromatic heterocycles. The second-order valence-electron chi connectivity index (χ2n) is 10.7. The lowest BCUT2D eigenvalue weighted by molar-refractivity contribution is -0.193. The zero-order chi connectivity index (χ0) is 34.1. The van der Waals surface area contributed by atoms with E-state index in [4.69, 9.17) is 19.8 Å². The average molecular weight is 666 g/mol. The molecule has 2 amide bonds. The number of hydrogen-bond acceptors (Lipinski definition) is 8. The van der Waals surface area contributed by atoms with Crippen molar-refractivity contribution in [2.75, 3.05) is 32.7 Å². The Labute approximate surface area is 258 Å². The lowest BCUT2D eigenvalue weighted by Crippen LogP contribution is -2.54. The Balaban J connectivity index is 0.000000345. The first-order valence-electron chi connectivity index (χ1n) is 14.3. The summed E-state index contributed by atoms with van der Waals surface area (Å²) in [6.07, 6.45) is -1.95. The van der Waals surface area contributed by atoms with E-state index in [0.29, 0.717) is 44.3 Å². The van der Waals surface area contributed by atoms with Gasteiger partial charge in [0.25, 0.3) is 5.91 Å². The molecule has 2 aromatic rings. The maximum atomic E-state index is 12.9. The number of fused-ring (bicyclic) bond motifs is 3. The summed E-state index contributed by atoms with van der Waals surface area (Å²) in [5.74, 6) is -3.82. The predicted octanol–water partition coefficient (Wildman–Crippen LogP) is 2.69. The summed E-state index contributed by atoms with van der Waals surface area (Å²) in [7, 11) is 0. The maximum Gasteiger partial charge on any atom is 0.490 e. The molecule has 254 valence electrons. The van der Waals surface area contributed by atoms with Crippen molar-refractivity contribution < 1.29 is 55.7 Å². The Kier molecular flexibility index (Phi) is 12.4. The molecule has 2 fully saturated rings. The fraction of sp³-hybridized carbons (Fsp3) is 0.593. The van der Waals surface area contributed by atoms with Crippen LogP contribution in [-0.2, 0) is 27.3 Å². The Morgan fingerprint density at radius 3 is 2.04 bits per heavy atom. The van der Waals surface area contributed by atoms with E-state index in [1.165, 1.54) is 32.1 Å². The molecule has 0 spiro atoms. The molecule has 3 N–H and O–H groups in total. The zero-order valence-corrected chi connectivity index (χ0v) is 24.4. The van der Waals surface area contributed by atoms with E-state index in [9.17, 15) is 35.9 Å². The fourth-order valence-corrected chi connectivity index (χ4v) is 5.21. The van der Waals surface area contributed by atoms with Crippen LogP contribution in [0.4, 0.5) is 26.3 Å². The lowest BCUT2D eigenvalue weighted by Gasteiger charge is -2.43. The highest BCUT2D eigenvalue weighted by Crippen LogP contribution is 2.29. The lowest BCUT2D eigenvalue weighted by atomic mass is 9.89. The van der Waals surface area contributed by atoms with Crippen molar-refractivity contribution in [3.05, 3.63) is 41.7 Å².